The van der Waals surface area contributed by atoms with E-state index >= 15 is 0 Å². The van der Waals surface area contributed by atoms with Crippen molar-refractivity contribution in [3.8, 4) is 0 Å². The first-order valence-electron chi connectivity index (χ1n) is 5.84. The zero-order valence-corrected chi connectivity index (χ0v) is 10.3. The van der Waals surface area contributed by atoms with Crippen LogP contribution in [0.5, 0.6) is 0 Å². The number of nitrogens with one attached hydrogen (secondary N) is 1. The maximum atomic E-state index is 11.9. The van der Waals surface area contributed by atoms with Crippen LogP contribution < -0.4 is 11.1 Å². The van der Waals surface area contributed by atoms with Gasteiger partial charge in [-0.05, 0) is 18.9 Å². The third-order valence-corrected chi connectivity index (χ3v) is 3.30. The van der Waals surface area contributed by atoms with Crippen LogP contribution in [0.1, 0.15) is 36.0 Å². The fraction of sp³-hybridized carbons (Fsp3) is 0.500. The Bertz CT molecular complexity index is 416. The van der Waals surface area contributed by atoms with Crippen molar-refractivity contribution >= 4 is 23.2 Å². The molecule has 1 aliphatic carbocycles. The highest BCUT2D eigenvalue weighted by molar-refractivity contribution is 6.31. The molecular formula is C12H16ClN3O. The normalized spacial score (nSPS) is 16.3. The number of nitrogens with zero attached hydrogens (tertiary/aromatic N) is 1. The second kappa shape index (κ2) is 5.47. The maximum absolute atomic E-state index is 11.9. The molecule has 4 nitrogen and oxygen atoms in total. The van der Waals surface area contributed by atoms with Gasteiger partial charge >= 0.3 is 0 Å². The summed E-state index contributed by atoms with van der Waals surface area (Å²) in [4.78, 5) is 15.8. The molecule has 17 heavy (non-hydrogen) atoms. The van der Waals surface area contributed by atoms with Crippen LogP contribution in [0.2, 0.25) is 5.02 Å². The van der Waals surface area contributed by atoms with Crippen LogP contribution in [0.3, 0.4) is 0 Å². The number of nitrogens with two attached hydrogens (primary N) is 1. The van der Waals surface area contributed by atoms with Gasteiger partial charge in [0.15, 0.2) is 5.78 Å². The Morgan fingerprint density at radius 1 is 1.53 bits per heavy atom. The van der Waals surface area contributed by atoms with E-state index < -0.39 is 0 Å². The van der Waals surface area contributed by atoms with Gasteiger partial charge in [-0.15, -0.1) is 0 Å². The van der Waals surface area contributed by atoms with Gasteiger partial charge in [0.1, 0.15) is 5.82 Å². The highest BCUT2D eigenvalue weighted by Gasteiger charge is 2.17. The molecule has 0 saturated heterocycles. The highest BCUT2D eigenvalue weighted by Crippen LogP contribution is 2.18. The number of anilines is 1. The van der Waals surface area contributed by atoms with E-state index in [4.69, 9.17) is 17.3 Å². The first-order valence-corrected chi connectivity index (χ1v) is 6.22. The second-order valence-corrected chi connectivity index (χ2v) is 4.81. The summed E-state index contributed by atoms with van der Waals surface area (Å²) < 4.78 is 0. The van der Waals surface area contributed by atoms with Crippen LogP contribution >= 0.6 is 11.6 Å². The second-order valence-electron chi connectivity index (χ2n) is 4.37. The molecule has 0 aliphatic heterocycles. The zero-order chi connectivity index (χ0) is 12.3. The van der Waals surface area contributed by atoms with Gasteiger partial charge < -0.3 is 11.1 Å². The van der Waals surface area contributed by atoms with Gasteiger partial charge in [-0.1, -0.05) is 24.4 Å². The molecule has 3 N–H and O–H groups in total. The standard InChI is InChI=1S/C12H16ClN3O/c13-8-5-10(12(14)16-6-8)11(17)7-15-9-3-1-2-4-9/h5-6,9,15H,1-4,7H2,(H2,14,16). The average Bonchev–Trinajstić information content (AvgIpc) is 2.82. The van der Waals surface area contributed by atoms with Gasteiger partial charge in [-0.2, -0.15) is 0 Å². The number of aromatic nitrogens is 1. The Hall–Kier alpha value is -1.13. The molecule has 0 radical (unpaired) electrons. The summed E-state index contributed by atoms with van der Waals surface area (Å²) in [6.45, 7) is 0.302. The van der Waals surface area contributed by atoms with Crippen molar-refractivity contribution in [1.82, 2.24) is 10.3 Å². The molecule has 92 valence electrons. The average molecular weight is 254 g/mol. The molecule has 0 spiro atoms. The van der Waals surface area contributed by atoms with Crippen molar-refractivity contribution in [3.63, 3.8) is 0 Å². The van der Waals surface area contributed by atoms with E-state index in [9.17, 15) is 4.79 Å². The number of ketones is 1. The summed E-state index contributed by atoms with van der Waals surface area (Å²) >= 11 is 5.80. The lowest BCUT2D eigenvalue weighted by atomic mass is 10.1. The summed E-state index contributed by atoms with van der Waals surface area (Å²) in [6.07, 6.45) is 6.23. The van der Waals surface area contributed by atoms with Crippen LogP contribution in [0.15, 0.2) is 12.3 Å². The molecule has 0 aromatic carbocycles. The lowest BCUT2D eigenvalue weighted by molar-refractivity contribution is 0.0988. The van der Waals surface area contributed by atoms with Gasteiger partial charge in [0.05, 0.1) is 17.1 Å². The fourth-order valence-corrected chi connectivity index (χ4v) is 2.29. The molecule has 0 bridgehead atoms. The first kappa shape index (κ1) is 12.3. The molecule has 1 aromatic heterocycles. The lowest BCUT2D eigenvalue weighted by Gasteiger charge is -2.11. The Morgan fingerprint density at radius 3 is 2.94 bits per heavy atom. The predicted octanol–water partition coefficient (Wildman–Crippen LogP) is 2.03. The smallest absolute Gasteiger partial charge is 0.180 e. The summed E-state index contributed by atoms with van der Waals surface area (Å²) in [5.41, 5.74) is 6.06. The molecule has 5 heteroatoms. The Morgan fingerprint density at radius 2 is 2.24 bits per heavy atom. The monoisotopic (exact) mass is 253 g/mol. The minimum atomic E-state index is -0.0515. The lowest BCUT2D eigenvalue weighted by Crippen LogP contribution is -2.31. The summed E-state index contributed by atoms with van der Waals surface area (Å²) in [6, 6.07) is 2.04. The van der Waals surface area contributed by atoms with Crippen molar-refractivity contribution < 1.29 is 4.79 Å². The number of hydrogen-bond acceptors (Lipinski definition) is 4. The largest absolute Gasteiger partial charge is 0.383 e. The molecule has 1 aliphatic rings. The molecule has 0 amide bonds. The van der Waals surface area contributed by atoms with Gasteiger partial charge in [0, 0.05) is 12.2 Å². The van der Waals surface area contributed by atoms with Crippen LogP contribution in [-0.2, 0) is 0 Å². The van der Waals surface area contributed by atoms with Crippen LogP contribution in [0.4, 0.5) is 5.82 Å². The van der Waals surface area contributed by atoms with Gasteiger partial charge in [0.25, 0.3) is 0 Å². The molecule has 1 saturated carbocycles. The van der Waals surface area contributed by atoms with Crippen molar-refractivity contribution in [1.29, 1.82) is 0 Å². The number of rotatable bonds is 4. The fourth-order valence-electron chi connectivity index (χ4n) is 2.14. The van der Waals surface area contributed by atoms with Crippen LogP contribution in [0.25, 0.3) is 0 Å². The van der Waals surface area contributed by atoms with Crippen LogP contribution in [0, 0.1) is 0 Å². The highest BCUT2D eigenvalue weighted by atomic mass is 35.5. The van der Waals surface area contributed by atoms with E-state index in [1.807, 2.05) is 0 Å². The number of halogens is 1. The molecule has 2 rings (SSSR count). The third-order valence-electron chi connectivity index (χ3n) is 3.09. The summed E-state index contributed by atoms with van der Waals surface area (Å²) in [7, 11) is 0. The summed E-state index contributed by atoms with van der Waals surface area (Å²) in [5.74, 6) is 0.192. The summed E-state index contributed by atoms with van der Waals surface area (Å²) in [5, 5.41) is 3.68. The minimum Gasteiger partial charge on any atom is -0.383 e. The third kappa shape index (κ3) is 3.17. The Kier molecular flexibility index (Phi) is 3.97. The van der Waals surface area contributed by atoms with Crippen molar-refractivity contribution in [2.75, 3.05) is 12.3 Å². The molecule has 0 atom stereocenters. The van der Waals surface area contributed by atoms with Crippen molar-refractivity contribution in [2.45, 2.75) is 31.7 Å². The number of hydrogen-bond donors (Lipinski definition) is 2. The SMILES string of the molecule is Nc1ncc(Cl)cc1C(=O)CNC1CCCC1. The van der Waals surface area contributed by atoms with Crippen molar-refractivity contribution in [3.05, 3.63) is 22.8 Å². The predicted molar refractivity (Wildman–Crippen MR) is 68.2 cm³/mol. The van der Waals surface area contributed by atoms with E-state index in [-0.39, 0.29) is 11.6 Å². The van der Waals surface area contributed by atoms with Gasteiger partial charge in [0.2, 0.25) is 0 Å². The zero-order valence-electron chi connectivity index (χ0n) is 9.58. The number of carbonyl (C=O) groups excluding carboxylic acids is 1. The first-order chi connectivity index (χ1) is 8.16. The number of pyridine rings is 1. The van der Waals surface area contributed by atoms with E-state index in [1.54, 1.807) is 6.07 Å². The van der Waals surface area contributed by atoms with E-state index in [0.29, 0.717) is 23.2 Å². The number of carbonyl (C=O) groups is 1. The van der Waals surface area contributed by atoms with E-state index in [2.05, 4.69) is 10.3 Å². The van der Waals surface area contributed by atoms with Crippen LogP contribution in [-0.4, -0.2) is 23.4 Å². The van der Waals surface area contributed by atoms with E-state index in [0.717, 1.165) is 12.8 Å². The number of Topliss-reactive ketones (excluding diaryl/α,β-unsaturated/α-hetero) is 1. The Balaban J connectivity index is 1.96. The topological polar surface area (TPSA) is 68.0 Å². The van der Waals surface area contributed by atoms with Crippen molar-refractivity contribution in [2.24, 2.45) is 0 Å². The quantitative estimate of drug-likeness (QED) is 0.806. The maximum Gasteiger partial charge on any atom is 0.180 e. The minimum absolute atomic E-state index is 0.0515. The van der Waals surface area contributed by atoms with Gasteiger partial charge in [-0.25, -0.2) is 4.98 Å². The van der Waals surface area contributed by atoms with Gasteiger partial charge in [-0.3, -0.25) is 4.79 Å². The molecule has 0 unspecified atom stereocenters. The molecular weight excluding hydrogens is 238 g/mol. The number of nitrogen functional groups attached to an aromatic ring is 1. The molecule has 1 heterocycles. The molecule has 1 fully saturated rings. The van der Waals surface area contributed by atoms with E-state index in [1.165, 1.54) is 19.0 Å². The Labute approximate surface area is 106 Å². The molecule has 1 aromatic rings.